The van der Waals surface area contributed by atoms with Crippen LogP contribution in [-0.4, -0.2) is 97.3 Å². The van der Waals surface area contributed by atoms with E-state index in [0.29, 0.717) is 69.6 Å². The van der Waals surface area contributed by atoms with Crippen LogP contribution in [0.5, 0.6) is 0 Å². The van der Waals surface area contributed by atoms with Gasteiger partial charge in [0.25, 0.3) is 0 Å². The molecule has 0 spiro atoms. The van der Waals surface area contributed by atoms with E-state index in [2.05, 4.69) is 19.2 Å². The van der Waals surface area contributed by atoms with Gasteiger partial charge in [0.1, 0.15) is 31.5 Å². The Balaban J connectivity index is 1.18. The number of benzene rings is 3. The molecule has 0 bridgehead atoms. The van der Waals surface area contributed by atoms with Gasteiger partial charge in [-0.05, 0) is 112 Å². The lowest BCUT2D eigenvalue weighted by molar-refractivity contribution is -0.275. The monoisotopic (exact) mass is 1270 g/mol. The van der Waals surface area contributed by atoms with Gasteiger partial charge in [0.05, 0.1) is 62.4 Å². The second-order valence-electron chi connectivity index (χ2n) is 24.5. The summed E-state index contributed by atoms with van der Waals surface area (Å²) in [5.41, 5.74) is 2.62. The minimum Gasteiger partial charge on any atom is -0.463 e. The molecule has 3 fully saturated rings. The average Bonchev–Trinajstić information content (AvgIpc) is 3.66. The molecule has 0 radical (unpaired) electrons. The van der Waals surface area contributed by atoms with Crippen molar-refractivity contribution in [2.45, 2.75) is 251 Å². The number of esters is 3. The maximum atomic E-state index is 14.7. The summed E-state index contributed by atoms with van der Waals surface area (Å²) in [6.45, 7) is 10.3. The van der Waals surface area contributed by atoms with Crippen LogP contribution in [0.4, 0.5) is 0 Å². The second kappa shape index (κ2) is 39.9. The first-order valence-corrected chi connectivity index (χ1v) is 36.9. The van der Waals surface area contributed by atoms with Gasteiger partial charge in [-0.1, -0.05) is 183 Å². The van der Waals surface area contributed by atoms with E-state index in [0.717, 1.165) is 100 Å². The molecule has 88 heavy (non-hydrogen) atoms. The molecule has 1 amide bonds. The first kappa shape index (κ1) is 72.8. The number of amides is 1. The fourth-order valence-electron chi connectivity index (χ4n) is 12.0. The Morgan fingerprint density at radius 1 is 0.557 bits per heavy atom. The summed E-state index contributed by atoms with van der Waals surface area (Å²) in [6, 6.07) is 27.2. The number of carbonyl (C=O) groups excluding carboxylic acids is 4. The molecular formula is C69H105NO16P2. The van der Waals surface area contributed by atoms with E-state index in [9.17, 15) is 33.4 Å². The van der Waals surface area contributed by atoms with Crippen LogP contribution < -0.4 is 5.32 Å². The molecule has 492 valence electrons. The number of aliphatic hydroxyl groups excluding tert-OH is 1. The van der Waals surface area contributed by atoms with Gasteiger partial charge in [-0.2, -0.15) is 0 Å². The topological polar surface area (TPSA) is 218 Å². The van der Waals surface area contributed by atoms with E-state index >= 15 is 0 Å². The normalized spacial score (nSPS) is 24.2. The van der Waals surface area contributed by atoms with E-state index in [1.165, 1.54) is 0 Å². The lowest BCUT2D eigenvalue weighted by Crippen LogP contribution is -2.66. The van der Waals surface area contributed by atoms with Crippen LogP contribution in [0.3, 0.4) is 0 Å². The van der Waals surface area contributed by atoms with Gasteiger partial charge in [-0.3, -0.25) is 28.3 Å². The minimum absolute atomic E-state index is 0.0512. The van der Waals surface area contributed by atoms with Gasteiger partial charge in [-0.15, -0.1) is 0 Å². The zero-order valence-corrected chi connectivity index (χ0v) is 55.2. The van der Waals surface area contributed by atoms with Gasteiger partial charge in [-0.25, -0.2) is 0 Å². The molecule has 9 atom stereocenters. The molecule has 1 aliphatic heterocycles. The highest BCUT2D eigenvalue weighted by atomic mass is 31.2. The van der Waals surface area contributed by atoms with Crippen molar-refractivity contribution in [3.05, 3.63) is 108 Å². The Hall–Kier alpha value is -4.28. The maximum Gasteiger partial charge on any atom is 0.331 e. The summed E-state index contributed by atoms with van der Waals surface area (Å²) in [6.07, 6.45) is 8.33. The molecule has 1 heterocycles. The molecule has 3 aliphatic rings. The molecular weight excluding hydrogens is 1160 g/mol. The van der Waals surface area contributed by atoms with Crippen molar-refractivity contribution in [1.29, 1.82) is 0 Å². The van der Waals surface area contributed by atoms with Crippen molar-refractivity contribution in [1.82, 2.24) is 5.32 Å². The highest BCUT2D eigenvalue weighted by Gasteiger charge is 2.50. The molecule has 0 aromatic heterocycles. The minimum atomic E-state index is -3.77. The van der Waals surface area contributed by atoms with E-state index < -0.39 is 82.5 Å². The number of ether oxygens (including phenoxy) is 5. The van der Waals surface area contributed by atoms with Gasteiger partial charge < -0.3 is 52.2 Å². The number of rotatable bonds is 41. The fraction of sp³-hybridized carbons (Fsp3) is 0.681. The number of nitrogens with one attached hydrogen (secondary N) is 1. The van der Waals surface area contributed by atoms with E-state index in [1.54, 1.807) is 0 Å². The van der Waals surface area contributed by atoms with Crippen molar-refractivity contribution in [2.24, 2.45) is 23.7 Å². The molecule has 2 N–H and O–H groups in total. The summed E-state index contributed by atoms with van der Waals surface area (Å²) in [4.78, 5) is 56.3. The van der Waals surface area contributed by atoms with Crippen LogP contribution >= 0.6 is 15.2 Å². The second-order valence-corrected chi connectivity index (χ2v) is 28.8. The van der Waals surface area contributed by atoms with Crippen molar-refractivity contribution in [3.63, 3.8) is 0 Å². The summed E-state index contributed by atoms with van der Waals surface area (Å²) in [5.74, 6) is -1.50. The number of unbranched alkanes of at least 4 members (excludes halogenated alkanes) is 7. The van der Waals surface area contributed by atoms with Crippen molar-refractivity contribution in [2.75, 3.05) is 25.5 Å². The molecule has 6 rings (SSSR count). The van der Waals surface area contributed by atoms with Crippen molar-refractivity contribution in [3.8, 4) is 0 Å². The first-order valence-electron chi connectivity index (χ1n) is 33.4. The van der Waals surface area contributed by atoms with Crippen molar-refractivity contribution >= 4 is 39.0 Å². The molecule has 2 unspecified atom stereocenters. The predicted octanol–water partition coefficient (Wildman–Crippen LogP) is 15.3. The Kier molecular flexibility index (Phi) is 33.0. The maximum absolute atomic E-state index is 14.7. The smallest absolute Gasteiger partial charge is 0.331 e. The Bertz CT molecular complexity index is 2550. The van der Waals surface area contributed by atoms with Crippen LogP contribution in [0.2, 0.25) is 0 Å². The standard InChI is InChI=1S/C69H105NO16P2/c1-6-11-19-33-59(85-87(76,44-14-9-4)81-49-53-29-23-17-24-30-53)46-62(71)70-64-66(84-63(72)47-60(34-20-12-7-2)86-88(77,45-15-10-5)82-50-54-31-25-18-26-32-54)65(73)61(83-69(64)78-43-13-8-3)51-80-68(75)58-41-37-56(38-42-58)55-35-39-57(40-36-55)67(74)79-48-52-27-21-16-22-28-52/h16-18,21-32,55-61,64-66,69,73H,6-15,19-20,33-51H2,1-5H3,(H,70,71)/t55?,56?,57?,58?,59-,60-,61-,64-,65-,66-,69-,87?,88?/m1/s1. The van der Waals surface area contributed by atoms with E-state index in [-0.39, 0.29) is 69.4 Å². The third-order valence-corrected chi connectivity index (χ3v) is 21.3. The van der Waals surface area contributed by atoms with E-state index in [4.69, 9.17) is 41.8 Å². The summed E-state index contributed by atoms with van der Waals surface area (Å²) in [7, 11) is -7.50. The van der Waals surface area contributed by atoms with Gasteiger partial charge in [0.15, 0.2) is 12.4 Å². The highest BCUT2D eigenvalue weighted by molar-refractivity contribution is 7.54. The Morgan fingerprint density at radius 2 is 1.00 bits per heavy atom. The summed E-state index contributed by atoms with van der Waals surface area (Å²) < 4.78 is 85.2. The molecule has 1 saturated heterocycles. The van der Waals surface area contributed by atoms with Gasteiger partial charge in [0.2, 0.25) is 5.91 Å². The fourth-order valence-corrected chi connectivity index (χ4v) is 16.0. The molecule has 3 aromatic carbocycles. The molecule has 2 aliphatic carbocycles. The lowest BCUT2D eigenvalue weighted by atomic mass is 9.69. The summed E-state index contributed by atoms with van der Waals surface area (Å²) in [5, 5.41) is 15.5. The average molecular weight is 1270 g/mol. The zero-order valence-electron chi connectivity index (χ0n) is 53.4. The number of hydrogen-bond donors (Lipinski definition) is 2. The van der Waals surface area contributed by atoms with Crippen molar-refractivity contribution < 1.29 is 75.2 Å². The van der Waals surface area contributed by atoms with E-state index in [1.807, 2.05) is 112 Å². The van der Waals surface area contributed by atoms with Crippen LogP contribution in [0, 0.1) is 23.7 Å². The highest BCUT2D eigenvalue weighted by Crippen LogP contribution is 2.53. The van der Waals surface area contributed by atoms with Crippen LogP contribution in [0.25, 0.3) is 0 Å². The van der Waals surface area contributed by atoms with Crippen LogP contribution in [0.1, 0.15) is 205 Å². The third-order valence-electron chi connectivity index (χ3n) is 17.3. The van der Waals surface area contributed by atoms with Crippen LogP contribution in [0.15, 0.2) is 91.0 Å². The zero-order chi connectivity index (χ0) is 63.0. The Morgan fingerprint density at radius 3 is 1.47 bits per heavy atom. The van der Waals surface area contributed by atoms with Gasteiger partial charge >= 0.3 is 33.1 Å². The Labute approximate surface area is 525 Å². The number of carbonyl (C=O) groups is 4. The molecule has 3 aromatic rings. The molecule has 2 saturated carbocycles. The van der Waals surface area contributed by atoms with Crippen LogP contribution in [-0.2, 0) is 89.9 Å². The first-order chi connectivity index (χ1) is 42.7. The number of hydrogen-bond acceptors (Lipinski definition) is 16. The quantitative estimate of drug-likeness (QED) is 0.0234. The molecule has 19 heteroatoms. The summed E-state index contributed by atoms with van der Waals surface area (Å²) >= 11 is 0. The van der Waals surface area contributed by atoms with Gasteiger partial charge in [0, 0.05) is 6.61 Å². The largest absolute Gasteiger partial charge is 0.463 e. The SMILES string of the molecule is CCCCC[C@H](CC(=O)N[C@H]1[C@H](OCCCC)O[C@H](COC(=O)C2CCC(C3CCC(C(=O)OCc4ccccc4)CC3)CC2)[C@@H](O)[C@@H]1OC(=O)C[C@@H](CCCCC)OP(=O)(CCCC)OCc1ccccc1)OP(=O)(CCCC)OCc1ccccc1. The third kappa shape index (κ3) is 25.4. The predicted molar refractivity (Wildman–Crippen MR) is 340 cm³/mol. The lowest BCUT2D eigenvalue weighted by Gasteiger charge is -2.44. The molecule has 17 nitrogen and oxygen atoms in total. The number of aliphatic hydroxyl groups is 1.